The molecule has 0 unspecified atom stereocenters. The van der Waals surface area contributed by atoms with Crippen LogP contribution < -0.4 is 14.2 Å². The summed E-state index contributed by atoms with van der Waals surface area (Å²) >= 11 is 0. The van der Waals surface area contributed by atoms with Gasteiger partial charge >= 0.3 is 0 Å². The van der Waals surface area contributed by atoms with Gasteiger partial charge in [0.25, 0.3) is 0 Å². The van der Waals surface area contributed by atoms with Crippen LogP contribution >= 0.6 is 0 Å². The molecule has 1 aromatic heterocycles. The van der Waals surface area contributed by atoms with E-state index in [2.05, 4.69) is 77.2 Å². The smallest absolute Gasteiger partial charge is 0.237 e. The third-order valence-electron chi connectivity index (χ3n) is 5.02. The lowest BCUT2D eigenvalue weighted by atomic mass is 10.1. The Kier molecular flexibility index (Phi) is 4.70. The highest BCUT2D eigenvalue weighted by atomic mass is 16.5. The van der Waals surface area contributed by atoms with Gasteiger partial charge in [0, 0.05) is 37.5 Å². The van der Waals surface area contributed by atoms with Crippen LogP contribution in [0.1, 0.15) is 18.2 Å². The molecule has 4 nitrogen and oxygen atoms in total. The predicted molar refractivity (Wildman–Crippen MR) is 115 cm³/mol. The van der Waals surface area contributed by atoms with Gasteiger partial charge in [-0.1, -0.05) is 0 Å². The Morgan fingerprint density at radius 3 is 2.25 bits per heavy atom. The van der Waals surface area contributed by atoms with Gasteiger partial charge in [-0.05, 0) is 61.5 Å². The lowest BCUT2D eigenvalue weighted by Gasteiger charge is -2.11. The van der Waals surface area contributed by atoms with Gasteiger partial charge in [-0.2, -0.15) is 4.57 Å². The van der Waals surface area contributed by atoms with Crippen LogP contribution in [0, 0.1) is 0 Å². The maximum Gasteiger partial charge on any atom is 0.237 e. The maximum absolute atomic E-state index is 5.30. The Morgan fingerprint density at radius 1 is 0.893 bits per heavy atom. The number of benzene rings is 2. The summed E-state index contributed by atoms with van der Waals surface area (Å²) in [6, 6.07) is 22.7. The highest BCUT2D eigenvalue weighted by molar-refractivity contribution is 6.16. The van der Waals surface area contributed by atoms with Crippen molar-refractivity contribution in [2.24, 2.45) is 4.99 Å². The number of hydrogen-bond donors (Lipinski definition) is 0. The van der Waals surface area contributed by atoms with E-state index in [1.165, 1.54) is 0 Å². The van der Waals surface area contributed by atoms with Gasteiger partial charge in [-0.25, -0.2) is 4.99 Å². The number of rotatable bonds is 4. The van der Waals surface area contributed by atoms with Crippen molar-refractivity contribution in [2.45, 2.75) is 6.92 Å². The summed E-state index contributed by atoms with van der Waals surface area (Å²) in [6.45, 7) is 2.14. The van der Waals surface area contributed by atoms with Crippen molar-refractivity contribution >= 4 is 22.8 Å². The molecule has 0 fully saturated rings. The topological polar surface area (TPSA) is 28.7 Å². The van der Waals surface area contributed by atoms with E-state index in [1.807, 2.05) is 26.2 Å². The fraction of sp³-hybridized carbons (Fsp3) is 0.167. The Hall–Kier alpha value is -3.40. The van der Waals surface area contributed by atoms with Gasteiger partial charge in [-0.3, -0.25) is 0 Å². The minimum atomic E-state index is 0.855. The van der Waals surface area contributed by atoms with Crippen LogP contribution in [0.4, 0.5) is 11.4 Å². The van der Waals surface area contributed by atoms with Crippen molar-refractivity contribution in [1.29, 1.82) is 0 Å². The second-order valence-electron chi connectivity index (χ2n) is 7.03. The minimum absolute atomic E-state index is 0.855. The van der Waals surface area contributed by atoms with Crippen LogP contribution in [0.25, 0.3) is 5.70 Å². The first kappa shape index (κ1) is 18.0. The zero-order chi connectivity index (χ0) is 19.7. The fourth-order valence-electron chi connectivity index (χ4n) is 3.52. The minimum Gasteiger partial charge on any atom is -0.497 e. The van der Waals surface area contributed by atoms with E-state index >= 15 is 0 Å². The van der Waals surface area contributed by atoms with Crippen LogP contribution in [-0.2, 0) is 0 Å². The van der Waals surface area contributed by atoms with Gasteiger partial charge in [0.05, 0.1) is 18.4 Å². The highest BCUT2D eigenvalue weighted by Crippen LogP contribution is 2.28. The molecule has 0 atom stereocenters. The Balaban J connectivity index is 1.81. The number of aromatic nitrogens is 1. The van der Waals surface area contributed by atoms with Crippen molar-refractivity contribution in [1.82, 2.24) is 0 Å². The van der Waals surface area contributed by atoms with E-state index in [9.17, 15) is 0 Å². The molecule has 1 aliphatic heterocycles. The number of anilines is 1. The summed E-state index contributed by atoms with van der Waals surface area (Å²) < 4.78 is 7.52. The van der Waals surface area contributed by atoms with Gasteiger partial charge in [0.2, 0.25) is 11.4 Å². The van der Waals surface area contributed by atoms with Gasteiger partial charge in [0.15, 0.2) is 6.20 Å². The van der Waals surface area contributed by atoms with Crippen LogP contribution in [-0.4, -0.2) is 26.9 Å². The van der Waals surface area contributed by atoms with Gasteiger partial charge in [-0.15, -0.1) is 0 Å². The molecular weight excluding hydrogens is 346 g/mol. The first-order chi connectivity index (χ1) is 13.6. The quantitative estimate of drug-likeness (QED) is 0.634. The third-order valence-corrected chi connectivity index (χ3v) is 5.02. The zero-order valence-corrected chi connectivity index (χ0v) is 16.7. The number of methoxy groups -OCH3 is 1. The standard InChI is InChI=1S/C24H24N3O/c1-17-23(25-19-10-12-20(13-11-19)26(2)3)22-7-5-6-16-27(22)24(17)18-8-14-21(28-4)15-9-18/h5-16H,1-4H3/q+1. The average molecular weight is 370 g/mol. The number of aliphatic imine (C=N–C) groups is 1. The van der Waals surface area contributed by atoms with E-state index in [0.29, 0.717) is 0 Å². The summed E-state index contributed by atoms with van der Waals surface area (Å²) in [6.07, 6.45) is 2.09. The van der Waals surface area contributed by atoms with Crippen molar-refractivity contribution in [2.75, 3.05) is 26.1 Å². The van der Waals surface area contributed by atoms with Crippen molar-refractivity contribution in [3.63, 3.8) is 0 Å². The predicted octanol–water partition coefficient (Wildman–Crippen LogP) is 4.46. The lowest BCUT2D eigenvalue weighted by molar-refractivity contribution is -0.577. The maximum atomic E-state index is 5.30. The van der Waals surface area contributed by atoms with Crippen LogP contribution in [0.2, 0.25) is 0 Å². The van der Waals surface area contributed by atoms with Gasteiger partial charge < -0.3 is 9.64 Å². The Bertz CT molecular complexity index is 1060. The molecule has 4 rings (SSSR count). The summed E-state index contributed by atoms with van der Waals surface area (Å²) in [7, 11) is 5.77. The summed E-state index contributed by atoms with van der Waals surface area (Å²) in [5.74, 6) is 0.855. The molecule has 1 aliphatic rings. The highest BCUT2D eigenvalue weighted by Gasteiger charge is 2.34. The van der Waals surface area contributed by atoms with E-state index < -0.39 is 0 Å². The number of ether oxygens (including phenoxy) is 1. The van der Waals surface area contributed by atoms with E-state index in [4.69, 9.17) is 9.73 Å². The summed E-state index contributed by atoms with van der Waals surface area (Å²) in [5, 5.41) is 0. The molecule has 0 saturated heterocycles. The average Bonchev–Trinajstić information content (AvgIpc) is 3.00. The monoisotopic (exact) mass is 370 g/mol. The molecule has 0 spiro atoms. The fourth-order valence-corrected chi connectivity index (χ4v) is 3.52. The van der Waals surface area contributed by atoms with Crippen LogP contribution in [0.5, 0.6) is 5.75 Å². The second kappa shape index (κ2) is 7.31. The largest absolute Gasteiger partial charge is 0.497 e. The number of fused-ring (bicyclic) bond motifs is 1. The third kappa shape index (κ3) is 3.18. The van der Waals surface area contributed by atoms with Crippen molar-refractivity contribution in [3.05, 3.63) is 89.8 Å². The zero-order valence-electron chi connectivity index (χ0n) is 16.7. The van der Waals surface area contributed by atoms with Crippen LogP contribution in [0.3, 0.4) is 0 Å². The molecule has 0 saturated carbocycles. The second-order valence-corrected chi connectivity index (χ2v) is 7.03. The van der Waals surface area contributed by atoms with E-state index in [1.54, 1.807) is 7.11 Å². The van der Waals surface area contributed by atoms with Crippen LogP contribution in [0.15, 0.2) is 83.5 Å². The molecule has 0 amide bonds. The van der Waals surface area contributed by atoms with E-state index in [-0.39, 0.29) is 0 Å². The molecule has 28 heavy (non-hydrogen) atoms. The first-order valence-electron chi connectivity index (χ1n) is 9.31. The lowest BCUT2D eigenvalue weighted by Crippen LogP contribution is -2.34. The summed E-state index contributed by atoms with van der Waals surface area (Å²) in [4.78, 5) is 7.07. The number of pyridine rings is 1. The number of nitrogens with zero attached hydrogens (tertiary/aromatic N) is 3. The first-order valence-corrected chi connectivity index (χ1v) is 9.31. The van der Waals surface area contributed by atoms with Gasteiger partial charge in [0.1, 0.15) is 11.5 Å². The SMILES string of the molecule is COc1ccc(C2=C(C)C(=Nc3ccc(N(C)C)cc3)c3cccc[n+]32)cc1. The molecule has 2 aromatic carbocycles. The number of hydrogen-bond acceptors (Lipinski definition) is 3. The Morgan fingerprint density at radius 2 is 1.61 bits per heavy atom. The molecule has 4 heteroatoms. The molecule has 3 aromatic rings. The molecule has 2 heterocycles. The molecule has 0 aliphatic carbocycles. The molecule has 0 radical (unpaired) electrons. The Labute approximate surface area is 166 Å². The molecular formula is C24H24N3O+. The molecule has 0 bridgehead atoms. The summed E-state index contributed by atoms with van der Waals surface area (Å²) in [5.41, 5.74) is 7.67. The van der Waals surface area contributed by atoms with Crippen molar-refractivity contribution < 1.29 is 9.30 Å². The normalized spacial score (nSPS) is 14.4. The van der Waals surface area contributed by atoms with Crippen molar-refractivity contribution in [3.8, 4) is 5.75 Å². The van der Waals surface area contributed by atoms with E-state index in [0.717, 1.165) is 45.4 Å². The molecule has 140 valence electrons. The number of allylic oxidation sites excluding steroid dienone is 1. The molecule has 0 N–H and O–H groups in total.